The van der Waals surface area contributed by atoms with Crippen LogP contribution in [0.2, 0.25) is 5.02 Å². The van der Waals surface area contributed by atoms with E-state index in [1.165, 1.54) is 17.8 Å². The Morgan fingerprint density at radius 1 is 1.20 bits per heavy atom. The van der Waals surface area contributed by atoms with Crippen LogP contribution in [-0.4, -0.2) is 69.9 Å². The predicted octanol–water partition coefficient (Wildman–Crippen LogP) is 2.73. The zero-order chi connectivity index (χ0) is 24.5. The number of amides is 1. The van der Waals surface area contributed by atoms with Crippen LogP contribution in [0.3, 0.4) is 0 Å². The Morgan fingerprint density at radius 2 is 1.97 bits per heavy atom. The van der Waals surface area contributed by atoms with Gasteiger partial charge in [-0.05, 0) is 25.0 Å². The summed E-state index contributed by atoms with van der Waals surface area (Å²) in [6, 6.07) is 7.89. The van der Waals surface area contributed by atoms with Gasteiger partial charge in [0.05, 0.1) is 41.3 Å². The first-order valence-corrected chi connectivity index (χ1v) is 11.4. The molecule has 13 heteroatoms. The fourth-order valence-corrected chi connectivity index (χ4v) is 4.18. The summed E-state index contributed by atoms with van der Waals surface area (Å²) >= 11 is 6.78. The van der Waals surface area contributed by atoms with Gasteiger partial charge in [-0.2, -0.15) is 20.0 Å². The second-order valence-corrected chi connectivity index (χ2v) is 8.61. The lowest BCUT2D eigenvalue weighted by atomic mass is 10.1. The van der Waals surface area contributed by atoms with E-state index in [0.29, 0.717) is 65.6 Å². The summed E-state index contributed by atoms with van der Waals surface area (Å²) in [7, 11) is 1.36. The molecule has 5 rings (SSSR count). The molecule has 12 nitrogen and oxygen atoms in total. The Kier molecular flexibility index (Phi) is 5.89. The molecule has 2 fully saturated rings. The number of anilines is 4. The minimum Gasteiger partial charge on any atom is -0.453 e. The molecular formula is C22H21ClN10O2. The molecule has 1 aromatic carbocycles. The van der Waals surface area contributed by atoms with Gasteiger partial charge < -0.3 is 25.2 Å². The molecular weight excluding hydrogens is 472 g/mol. The Balaban J connectivity index is 1.47. The first-order chi connectivity index (χ1) is 17.0. The maximum absolute atomic E-state index is 11.8. The molecule has 0 unspecified atom stereocenters. The quantitative estimate of drug-likeness (QED) is 0.544. The van der Waals surface area contributed by atoms with Crippen LogP contribution in [0.5, 0.6) is 0 Å². The molecule has 35 heavy (non-hydrogen) atoms. The normalized spacial score (nSPS) is 15.4. The molecule has 2 N–H and O–H groups in total. The number of rotatable bonds is 5. The van der Waals surface area contributed by atoms with Crippen LogP contribution >= 0.6 is 11.6 Å². The van der Waals surface area contributed by atoms with E-state index in [9.17, 15) is 15.3 Å². The molecule has 0 bridgehead atoms. The zero-order valence-corrected chi connectivity index (χ0v) is 19.6. The van der Waals surface area contributed by atoms with E-state index in [1.54, 1.807) is 17.0 Å². The van der Waals surface area contributed by atoms with E-state index in [1.807, 2.05) is 4.90 Å². The lowest BCUT2D eigenvalue weighted by Gasteiger charge is -2.36. The minimum absolute atomic E-state index is 0.202. The summed E-state index contributed by atoms with van der Waals surface area (Å²) in [5.74, 6) is 0.715. The smallest absolute Gasteiger partial charge is 0.409 e. The molecule has 1 aliphatic heterocycles. The van der Waals surface area contributed by atoms with Gasteiger partial charge in [-0.25, -0.2) is 9.78 Å². The highest BCUT2D eigenvalue weighted by atomic mass is 35.5. The number of hydrogen-bond acceptors (Lipinski definition) is 10. The van der Waals surface area contributed by atoms with Crippen LogP contribution in [-0.2, 0) is 4.74 Å². The van der Waals surface area contributed by atoms with E-state index in [4.69, 9.17) is 16.3 Å². The van der Waals surface area contributed by atoms with E-state index >= 15 is 0 Å². The summed E-state index contributed by atoms with van der Waals surface area (Å²) in [6.07, 6.45) is 3.14. The number of fused-ring (bicyclic) bond motifs is 1. The number of carbonyl (C=O) groups excluding carboxylic acids is 1. The number of nitriles is 2. The first-order valence-electron chi connectivity index (χ1n) is 11.0. The number of methoxy groups -OCH3 is 1. The van der Waals surface area contributed by atoms with Crippen LogP contribution < -0.4 is 15.5 Å². The fraction of sp³-hybridized carbons (Fsp3) is 0.364. The van der Waals surface area contributed by atoms with Crippen molar-refractivity contribution in [3.05, 3.63) is 34.6 Å². The maximum atomic E-state index is 11.8. The van der Waals surface area contributed by atoms with Crippen molar-refractivity contribution in [2.45, 2.75) is 18.9 Å². The molecule has 1 aliphatic carbocycles. The summed E-state index contributed by atoms with van der Waals surface area (Å²) in [5, 5.41) is 30.3. The van der Waals surface area contributed by atoms with Crippen LogP contribution in [0.15, 0.2) is 18.3 Å². The SMILES string of the molecule is COC(=O)N1CCN(c2cc(C#N)cc(Nc3nc(NC4CC4)c4ncc(C#N)n4n3)c2Cl)CC1. The number of carbonyl (C=O) groups is 1. The third kappa shape index (κ3) is 4.44. The van der Waals surface area contributed by atoms with Crippen molar-refractivity contribution in [2.75, 3.05) is 48.8 Å². The molecule has 0 spiro atoms. The van der Waals surface area contributed by atoms with E-state index in [-0.39, 0.29) is 17.7 Å². The fourth-order valence-electron chi connectivity index (χ4n) is 3.90. The lowest BCUT2D eigenvalue weighted by molar-refractivity contribution is 0.121. The van der Waals surface area contributed by atoms with Crippen molar-refractivity contribution >= 4 is 46.5 Å². The van der Waals surface area contributed by atoms with Crippen LogP contribution in [0.1, 0.15) is 24.1 Å². The summed E-state index contributed by atoms with van der Waals surface area (Å²) in [5.41, 5.74) is 2.24. The molecule has 2 aromatic heterocycles. The molecule has 1 saturated heterocycles. The molecule has 1 amide bonds. The van der Waals surface area contributed by atoms with E-state index < -0.39 is 0 Å². The minimum atomic E-state index is -0.372. The predicted molar refractivity (Wildman–Crippen MR) is 128 cm³/mol. The van der Waals surface area contributed by atoms with Gasteiger partial charge in [0.25, 0.3) is 0 Å². The second kappa shape index (κ2) is 9.16. The second-order valence-electron chi connectivity index (χ2n) is 8.23. The highest BCUT2D eigenvalue weighted by Crippen LogP contribution is 2.36. The standard InChI is InChI=1S/C22H21ClN10O2/c1-35-22(34)32-6-4-31(5-7-32)17-9-13(10-24)8-16(18(17)23)28-21-29-19(27-14-2-3-14)20-26-12-15(11-25)33(20)30-21/h8-9,12,14H,2-7H2,1H3,(H2,27,28,29,30). The van der Waals surface area contributed by atoms with Gasteiger partial charge in [-0.1, -0.05) is 11.6 Å². The Morgan fingerprint density at radius 3 is 2.63 bits per heavy atom. The molecule has 178 valence electrons. The van der Waals surface area contributed by atoms with Gasteiger partial charge in [0, 0.05) is 32.2 Å². The number of aromatic nitrogens is 4. The van der Waals surface area contributed by atoms with E-state index in [2.05, 4.69) is 37.8 Å². The third-order valence-electron chi connectivity index (χ3n) is 5.88. The maximum Gasteiger partial charge on any atom is 0.409 e. The van der Waals surface area contributed by atoms with Crippen LogP contribution in [0.4, 0.5) is 27.9 Å². The summed E-state index contributed by atoms with van der Waals surface area (Å²) in [4.78, 5) is 24.3. The highest BCUT2D eigenvalue weighted by Gasteiger charge is 2.26. The number of nitrogens with zero attached hydrogens (tertiary/aromatic N) is 8. The van der Waals surface area contributed by atoms with Gasteiger partial charge in [0.15, 0.2) is 17.2 Å². The number of nitrogens with one attached hydrogen (secondary N) is 2. The average Bonchev–Trinajstić information content (AvgIpc) is 3.60. The highest BCUT2D eigenvalue weighted by molar-refractivity contribution is 6.36. The number of hydrogen-bond donors (Lipinski definition) is 2. The van der Waals surface area contributed by atoms with Crippen molar-refractivity contribution in [3.8, 4) is 12.1 Å². The topological polar surface area (TPSA) is 148 Å². The number of halogens is 1. The Labute approximate surface area is 205 Å². The van der Waals surface area contributed by atoms with Crippen molar-refractivity contribution in [1.82, 2.24) is 24.5 Å². The average molecular weight is 493 g/mol. The van der Waals surface area contributed by atoms with Gasteiger partial charge >= 0.3 is 6.09 Å². The van der Waals surface area contributed by atoms with Crippen molar-refractivity contribution < 1.29 is 9.53 Å². The van der Waals surface area contributed by atoms with Crippen molar-refractivity contribution in [1.29, 1.82) is 10.5 Å². The lowest BCUT2D eigenvalue weighted by Crippen LogP contribution is -2.48. The van der Waals surface area contributed by atoms with Crippen LogP contribution in [0.25, 0.3) is 5.65 Å². The summed E-state index contributed by atoms with van der Waals surface area (Å²) < 4.78 is 6.22. The van der Waals surface area contributed by atoms with Gasteiger partial charge in [0.2, 0.25) is 5.95 Å². The number of ether oxygens (including phenoxy) is 1. The molecule has 1 saturated carbocycles. The first kappa shape index (κ1) is 22.5. The third-order valence-corrected chi connectivity index (χ3v) is 6.27. The van der Waals surface area contributed by atoms with Gasteiger partial charge in [0.1, 0.15) is 6.07 Å². The largest absolute Gasteiger partial charge is 0.453 e. The van der Waals surface area contributed by atoms with Crippen LogP contribution in [0, 0.1) is 22.7 Å². The molecule has 0 radical (unpaired) electrons. The number of benzene rings is 1. The molecule has 0 atom stereocenters. The molecule has 3 aromatic rings. The van der Waals surface area contributed by atoms with Crippen molar-refractivity contribution in [2.24, 2.45) is 0 Å². The van der Waals surface area contributed by atoms with Gasteiger partial charge in [-0.3, -0.25) is 0 Å². The monoisotopic (exact) mass is 492 g/mol. The summed E-state index contributed by atoms with van der Waals surface area (Å²) in [6.45, 7) is 2.00. The van der Waals surface area contributed by atoms with Crippen molar-refractivity contribution in [3.63, 3.8) is 0 Å². The van der Waals surface area contributed by atoms with Gasteiger partial charge in [-0.15, -0.1) is 5.10 Å². The Bertz CT molecular complexity index is 1380. The number of imidazole rings is 1. The molecule has 2 aliphatic rings. The Hall–Kier alpha value is -4.29. The zero-order valence-electron chi connectivity index (χ0n) is 18.8. The molecule has 3 heterocycles. The van der Waals surface area contributed by atoms with E-state index in [0.717, 1.165) is 12.8 Å². The number of piperazine rings is 1.